The van der Waals surface area contributed by atoms with E-state index >= 15 is 0 Å². The average molecular weight is 259 g/mol. The SMILES string of the molecule is CCNc1ncc(C)c(Oc2cccc(OC)c2)n1. The van der Waals surface area contributed by atoms with E-state index in [4.69, 9.17) is 9.47 Å². The Bertz CT molecular complexity index is 558. The molecule has 2 aromatic rings. The number of methoxy groups -OCH3 is 1. The van der Waals surface area contributed by atoms with Gasteiger partial charge in [-0.25, -0.2) is 4.98 Å². The van der Waals surface area contributed by atoms with Gasteiger partial charge in [-0.05, 0) is 26.0 Å². The maximum Gasteiger partial charge on any atom is 0.226 e. The van der Waals surface area contributed by atoms with Crippen molar-refractivity contribution in [2.45, 2.75) is 13.8 Å². The van der Waals surface area contributed by atoms with E-state index in [0.717, 1.165) is 17.9 Å². The molecule has 0 aliphatic heterocycles. The zero-order valence-corrected chi connectivity index (χ0v) is 11.3. The van der Waals surface area contributed by atoms with Gasteiger partial charge >= 0.3 is 0 Å². The molecule has 0 spiro atoms. The quantitative estimate of drug-likeness (QED) is 0.894. The zero-order valence-electron chi connectivity index (χ0n) is 11.3. The third kappa shape index (κ3) is 3.34. The summed E-state index contributed by atoms with van der Waals surface area (Å²) in [5.74, 6) is 2.53. The highest BCUT2D eigenvalue weighted by molar-refractivity contribution is 5.38. The van der Waals surface area contributed by atoms with Crippen LogP contribution in [0, 0.1) is 6.92 Å². The van der Waals surface area contributed by atoms with E-state index in [1.165, 1.54) is 0 Å². The first-order chi connectivity index (χ1) is 9.22. The first-order valence-corrected chi connectivity index (χ1v) is 6.12. The topological polar surface area (TPSA) is 56.3 Å². The number of aryl methyl sites for hydroxylation is 1. The number of hydrogen-bond acceptors (Lipinski definition) is 5. The maximum absolute atomic E-state index is 5.77. The van der Waals surface area contributed by atoms with Crippen LogP contribution in [0.5, 0.6) is 17.4 Å². The van der Waals surface area contributed by atoms with Crippen molar-refractivity contribution in [1.29, 1.82) is 0 Å². The highest BCUT2D eigenvalue weighted by atomic mass is 16.5. The second-order valence-corrected chi connectivity index (χ2v) is 3.99. The lowest BCUT2D eigenvalue weighted by atomic mass is 10.3. The lowest BCUT2D eigenvalue weighted by Crippen LogP contribution is -2.03. The number of aromatic nitrogens is 2. The Morgan fingerprint density at radius 3 is 2.79 bits per heavy atom. The molecule has 1 aromatic carbocycles. The molecule has 19 heavy (non-hydrogen) atoms. The van der Waals surface area contributed by atoms with Gasteiger partial charge in [0.25, 0.3) is 0 Å². The van der Waals surface area contributed by atoms with Crippen LogP contribution in [0.4, 0.5) is 5.95 Å². The molecule has 1 aromatic heterocycles. The van der Waals surface area contributed by atoms with Gasteiger partial charge in [0, 0.05) is 24.4 Å². The third-order valence-electron chi connectivity index (χ3n) is 2.52. The summed E-state index contributed by atoms with van der Waals surface area (Å²) in [4.78, 5) is 8.50. The Morgan fingerprint density at radius 1 is 1.26 bits per heavy atom. The molecule has 0 atom stereocenters. The molecule has 0 unspecified atom stereocenters. The van der Waals surface area contributed by atoms with Crippen LogP contribution in [0.25, 0.3) is 0 Å². The van der Waals surface area contributed by atoms with Crippen LogP contribution in [0.3, 0.4) is 0 Å². The van der Waals surface area contributed by atoms with Gasteiger partial charge in [0.15, 0.2) is 0 Å². The molecule has 5 heteroatoms. The van der Waals surface area contributed by atoms with Gasteiger partial charge in [0.2, 0.25) is 11.8 Å². The fraction of sp³-hybridized carbons (Fsp3) is 0.286. The minimum absolute atomic E-state index is 0.541. The monoisotopic (exact) mass is 259 g/mol. The Morgan fingerprint density at radius 2 is 2.05 bits per heavy atom. The summed E-state index contributed by atoms with van der Waals surface area (Å²) in [7, 11) is 1.62. The maximum atomic E-state index is 5.77. The molecule has 2 rings (SSSR count). The number of nitrogens with zero attached hydrogens (tertiary/aromatic N) is 2. The van der Waals surface area contributed by atoms with E-state index in [2.05, 4.69) is 15.3 Å². The third-order valence-corrected chi connectivity index (χ3v) is 2.52. The van der Waals surface area contributed by atoms with Crippen LogP contribution in [0.1, 0.15) is 12.5 Å². The molecule has 0 saturated carbocycles. The second-order valence-electron chi connectivity index (χ2n) is 3.99. The first kappa shape index (κ1) is 13.1. The Labute approximate surface area is 112 Å². The fourth-order valence-electron chi connectivity index (χ4n) is 1.55. The van der Waals surface area contributed by atoms with Gasteiger partial charge in [-0.3, -0.25) is 0 Å². The van der Waals surface area contributed by atoms with Crippen molar-refractivity contribution in [3.63, 3.8) is 0 Å². The largest absolute Gasteiger partial charge is 0.497 e. The minimum atomic E-state index is 0.541. The van der Waals surface area contributed by atoms with Crippen LogP contribution in [-0.2, 0) is 0 Å². The minimum Gasteiger partial charge on any atom is -0.497 e. The summed E-state index contributed by atoms with van der Waals surface area (Å²) >= 11 is 0. The second kappa shape index (κ2) is 6.04. The van der Waals surface area contributed by atoms with Crippen molar-refractivity contribution in [2.24, 2.45) is 0 Å². The van der Waals surface area contributed by atoms with Crippen molar-refractivity contribution in [2.75, 3.05) is 19.0 Å². The lowest BCUT2D eigenvalue weighted by Gasteiger charge is -2.10. The molecule has 0 aliphatic rings. The molecular formula is C14H17N3O2. The lowest BCUT2D eigenvalue weighted by molar-refractivity contribution is 0.407. The van der Waals surface area contributed by atoms with Crippen LogP contribution in [0.15, 0.2) is 30.5 Å². The molecule has 100 valence electrons. The van der Waals surface area contributed by atoms with E-state index in [0.29, 0.717) is 17.6 Å². The van der Waals surface area contributed by atoms with Gasteiger partial charge in [-0.1, -0.05) is 6.07 Å². The smallest absolute Gasteiger partial charge is 0.226 e. The molecule has 0 aliphatic carbocycles. The molecule has 1 N–H and O–H groups in total. The predicted octanol–water partition coefficient (Wildman–Crippen LogP) is 3.02. The van der Waals surface area contributed by atoms with E-state index in [1.807, 2.05) is 38.1 Å². The molecule has 0 fully saturated rings. The molecule has 5 nitrogen and oxygen atoms in total. The van der Waals surface area contributed by atoms with E-state index < -0.39 is 0 Å². The van der Waals surface area contributed by atoms with Crippen LogP contribution in [-0.4, -0.2) is 23.6 Å². The number of ether oxygens (including phenoxy) is 2. The Balaban J connectivity index is 2.23. The molecular weight excluding hydrogens is 242 g/mol. The number of anilines is 1. The molecule has 0 amide bonds. The van der Waals surface area contributed by atoms with Crippen molar-refractivity contribution < 1.29 is 9.47 Å². The van der Waals surface area contributed by atoms with Crippen molar-refractivity contribution in [3.05, 3.63) is 36.0 Å². The Hall–Kier alpha value is -2.30. The highest BCUT2D eigenvalue weighted by Gasteiger charge is 2.06. The van der Waals surface area contributed by atoms with E-state index in [1.54, 1.807) is 13.3 Å². The fourth-order valence-corrected chi connectivity index (χ4v) is 1.55. The number of rotatable bonds is 5. The highest BCUT2D eigenvalue weighted by Crippen LogP contribution is 2.26. The normalized spacial score (nSPS) is 10.1. The van der Waals surface area contributed by atoms with Crippen LogP contribution in [0.2, 0.25) is 0 Å². The van der Waals surface area contributed by atoms with Crippen LogP contribution < -0.4 is 14.8 Å². The summed E-state index contributed by atoms with van der Waals surface area (Å²) < 4.78 is 10.9. The summed E-state index contributed by atoms with van der Waals surface area (Å²) in [5.41, 5.74) is 0.879. The first-order valence-electron chi connectivity index (χ1n) is 6.12. The summed E-state index contributed by atoms with van der Waals surface area (Å²) in [5, 5.41) is 3.06. The number of benzene rings is 1. The van der Waals surface area contributed by atoms with Gasteiger partial charge in [0.1, 0.15) is 11.5 Å². The van der Waals surface area contributed by atoms with Crippen molar-refractivity contribution in [1.82, 2.24) is 9.97 Å². The van der Waals surface area contributed by atoms with Gasteiger partial charge in [-0.2, -0.15) is 4.98 Å². The molecule has 0 radical (unpaired) electrons. The standard InChI is InChI=1S/C14H17N3O2/c1-4-15-14-16-9-10(2)13(17-14)19-12-7-5-6-11(8-12)18-3/h5-9H,4H2,1-3H3,(H,15,16,17). The molecule has 0 bridgehead atoms. The van der Waals surface area contributed by atoms with Gasteiger partial charge < -0.3 is 14.8 Å². The molecule has 0 saturated heterocycles. The van der Waals surface area contributed by atoms with Crippen LogP contribution >= 0.6 is 0 Å². The summed E-state index contributed by atoms with van der Waals surface area (Å²) in [6.45, 7) is 4.67. The summed E-state index contributed by atoms with van der Waals surface area (Å²) in [6, 6.07) is 7.41. The zero-order chi connectivity index (χ0) is 13.7. The van der Waals surface area contributed by atoms with Crippen molar-refractivity contribution >= 4 is 5.95 Å². The Kier molecular flexibility index (Phi) is 4.18. The van der Waals surface area contributed by atoms with E-state index in [9.17, 15) is 0 Å². The molecule has 1 heterocycles. The van der Waals surface area contributed by atoms with E-state index in [-0.39, 0.29) is 0 Å². The van der Waals surface area contributed by atoms with Crippen molar-refractivity contribution in [3.8, 4) is 17.4 Å². The summed E-state index contributed by atoms with van der Waals surface area (Å²) in [6.07, 6.45) is 1.74. The van der Waals surface area contributed by atoms with Gasteiger partial charge in [-0.15, -0.1) is 0 Å². The average Bonchev–Trinajstić information content (AvgIpc) is 2.43. The number of nitrogens with one attached hydrogen (secondary N) is 1. The number of hydrogen-bond donors (Lipinski definition) is 1. The predicted molar refractivity (Wildman–Crippen MR) is 74.0 cm³/mol. The van der Waals surface area contributed by atoms with Gasteiger partial charge in [0.05, 0.1) is 7.11 Å².